The molecule has 3 heterocycles. The third-order valence-electron chi connectivity index (χ3n) is 6.61. The first-order valence-electron chi connectivity index (χ1n) is 12.7. The van der Waals surface area contributed by atoms with Crippen LogP contribution < -0.4 is 5.32 Å². The Balaban J connectivity index is 1.35. The predicted octanol–water partition coefficient (Wildman–Crippen LogP) is 6.17. The number of hydrogen-bond donors (Lipinski definition) is 1. The van der Waals surface area contributed by atoms with E-state index in [1.165, 1.54) is 6.07 Å². The van der Waals surface area contributed by atoms with Crippen molar-refractivity contribution in [3.63, 3.8) is 0 Å². The number of amides is 1. The van der Waals surface area contributed by atoms with Gasteiger partial charge < -0.3 is 9.73 Å². The van der Waals surface area contributed by atoms with Crippen LogP contribution >= 0.6 is 23.1 Å². The van der Waals surface area contributed by atoms with Crippen LogP contribution in [0, 0.1) is 5.82 Å². The average Bonchev–Trinajstić information content (AvgIpc) is 3.70. The van der Waals surface area contributed by atoms with E-state index in [2.05, 4.69) is 20.5 Å². The molecule has 1 aliphatic rings. The van der Waals surface area contributed by atoms with Gasteiger partial charge in [0.2, 0.25) is 11.8 Å². The van der Waals surface area contributed by atoms with Gasteiger partial charge in [-0.3, -0.25) is 14.4 Å². The third-order valence-corrected chi connectivity index (χ3v) is 8.80. The molecule has 1 saturated heterocycles. The number of carbonyl (C=O) groups excluding carboxylic acids is 3. The van der Waals surface area contributed by atoms with Gasteiger partial charge in [-0.1, -0.05) is 42.1 Å². The maximum Gasteiger partial charge on any atom is 0.416 e. The first-order chi connectivity index (χ1) is 20.5. The highest BCUT2D eigenvalue weighted by molar-refractivity contribution is 8.15. The summed E-state index contributed by atoms with van der Waals surface area (Å²) in [6, 6.07) is 14.7. The molecule has 43 heavy (non-hydrogen) atoms. The van der Waals surface area contributed by atoms with Crippen LogP contribution in [0.25, 0.3) is 21.3 Å². The fourth-order valence-corrected chi connectivity index (χ4v) is 6.53. The number of rotatable bonds is 7. The van der Waals surface area contributed by atoms with Gasteiger partial charge in [0.05, 0.1) is 21.9 Å². The number of fused-ring (bicyclic) bond motifs is 1. The molecule has 0 aliphatic carbocycles. The maximum absolute atomic E-state index is 15.2. The zero-order valence-corrected chi connectivity index (χ0v) is 23.4. The first kappa shape index (κ1) is 28.7. The van der Waals surface area contributed by atoms with E-state index in [1.807, 2.05) is 30.3 Å². The maximum atomic E-state index is 15.2. The fraction of sp³-hybridized carbons (Fsp3) is 0.172. The Hall–Kier alpha value is -4.43. The molecule has 2 aromatic heterocycles. The normalized spacial score (nSPS) is 16.1. The van der Waals surface area contributed by atoms with Crippen LogP contribution in [-0.4, -0.2) is 37.2 Å². The van der Waals surface area contributed by atoms with Crippen molar-refractivity contribution in [1.82, 2.24) is 20.5 Å². The number of nitrogens with zero attached hydrogens (tertiary/aromatic N) is 3. The molecule has 0 spiro atoms. The SMILES string of the molecule is O=C1CC(=O)C(Cc2nnc(C(NC(=O)c3ccc(C(F)(F)F)cc3)c3nc4c(F)cc(-c5ccccc5)cc4s3)o2)S1. The molecule has 1 amide bonds. The molecule has 1 fully saturated rings. The number of halogens is 4. The Kier molecular flexibility index (Phi) is 7.56. The van der Waals surface area contributed by atoms with Gasteiger partial charge in [-0.15, -0.1) is 21.5 Å². The van der Waals surface area contributed by atoms with E-state index in [4.69, 9.17) is 4.42 Å². The zero-order chi connectivity index (χ0) is 30.3. The Morgan fingerprint density at radius 3 is 2.44 bits per heavy atom. The molecule has 14 heteroatoms. The van der Waals surface area contributed by atoms with Crippen LogP contribution in [-0.2, 0) is 22.2 Å². The summed E-state index contributed by atoms with van der Waals surface area (Å²) in [5.74, 6) is -1.74. The number of aromatic nitrogens is 3. The Morgan fingerprint density at radius 1 is 1.02 bits per heavy atom. The first-order valence-corrected chi connectivity index (χ1v) is 14.4. The summed E-state index contributed by atoms with van der Waals surface area (Å²) in [6.45, 7) is 0. The van der Waals surface area contributed by atoms with Gasteiger partial charge >= 0.3 is 6.18 Å². The highest BCUT2D eigenvalue weighted by Gasteiger charge is 2.35. The van der Waals surface area contributed by atoms with E-state index < -0.39 is 34.8 Å². The zero-order valence-electron chi connectivity index (χ0n) is 21.7. The number of thiazole rings is 1. The Bertz CT molecular complexity index is 1860. The average molecular weight is 627 g/mol. The molecule has 2 unspecified atom stereocenters. The highest BCUT2D eigenvalue weighted by atomic mass is 32.2. The number of nitrogens with one attached hydrogen (secondary N) is 1. The van der Waals surface area contributed by atoms with Gasteiger partial charge in [0, 0.05) is 12.0 Å². The quantitative estimate of drug-likeness (QED) is 0.169. The molecule has 0 radical (unpaired) electrons. The number of carbonyl (C=O) groups is 3. The van der Waals surface area contributed by atoms with Gasteiger partial charge in [-0.2, -0.15) is 13.2 Å². The number of Topliss-reactive ketones (excluding diaryl/α,β-unsaturated/α-hetero) is 1. The molecule has 1 N–H and O–H groups in total. The third kappa shape index (κ3) is 6.06. The second-order valence-corrected chi connectivity index (χ2v) is 11.9. The number of ketones is 1. The monoisotopic (exact) mass is 626 g/mol. The number of hydrogen-bond acceptors (Lipinski definition) is 9. The van der Waals surface area contributed by atoms with Gasteiger partial charge in [-0.25, -0.2) is 9.37 Å². The summed E-state index contributed by atoms with van der Waals surface area (Å²) < 4.78 is 60.6. The minimum absolute atomic E-state index is 0.0171. The molecule has 3 aromatic carbocycles. The van der Waals surface area contributed by atoms with E-state index in [0.29, 0.717) is 10.3 Å². The molecule has 0 saturated carbocycles. The van der Waals surface area contributed by atoms with Crippen molar-refractivity contribution in [2.24, 2.45) is 0 Å². The van der Waals surface area contributed by atoms with Crippen LogP contribution in [0.1, 0.15) is 45.2 Å². The minimum atomic E-state index is -4.58. The highest BCUT2D eigenvalue weighted by Crippen LogP contribution is 2.35. The molecule has 5 aromatic rings. The van der Waals surface area contributed by atoms with E-state index in [9.17, 15) is 27.6 Å². The summed E-state index contributed by atoms with van der Waals surface area (Å²) in [5, 5.41) is 9.87. The van der Waals surface area contributed by atoms with Gasteiger partial charge in [0.1, 0.15) is 10.5 Å². The van der Waals surface area contributed by atoms with Crippen LogP contribution in [0.15, 0.2) is 71.1 Å². The largest absolute Gasteiger partial charge is 0.422 e. The molecule has 1 aliphatic heterocycles. The van der Waals surface area contributed by atoms with E-state index in [0.717, 1.165) is 52.9 Å². The summed E-state index contributed by atoms with van der Waals surface area (Å²) in [4.78, 5) is 41.3. The summed E-state index contributed by atoms with van der Waals surface area (Å²) in [6.07, 6.45) is -4.79. The standard InChI is InChI=1S/C29H18F4N4O4S2/c30-18-10-16(14-4-2-1-3-5-14)11-21-24(18)35-28(43-21)25(34-26(40)15-6-8-17(9-7-15)29(31,32)33)27-37-36-22(41-27)13-20-19(38)12-23(39)42-20/h1-11,20,25H,12-13H2,(H,34,40). The van der Waals surface area contributed by atoms with Crippen molar-refractivity contribution in [2.75, 3.05) is 0 Å². The lowest BCUT2D eigenvalue weighted by molar-refractivity contribution is -0.137. The van der Waals surface area contributed by atoms with Crippen molar-refractivity contribution in [3.05, 3.63) is 100 Å². The van der Waals surface area contributed by atoms with Crippen LogP contribution in [0.5, 0.6) is 0 Å². The van der Waals surface area contributed by atoms with E-state index in [1.54, 1.807) is 6.07 Å². The second kappa shape index (κ2) is 11.3. The van der Waals surface area contributed by atoms with Gasteiger partial charge in [0.15, 0.2) is 22.8 Å². The lowest BCUT2D eigenvalue weighted by Crippen LogP contribution is -2.29. The predicted molar refractivity (Wildman–Crippen MR) is 150 cm³/mol. The minimum Gasteiger partial charge on any atom is -0.422 e. The van der Waals surface area contributed by atoms with E-state index >= 15 is 4.39 Å². The van der Waals surface area contributed by atoms with Crippen molar-refractivity contribution >= 4 is 50.1 Å². The molecular formula is C29H18F4N4O4S2. The molecule has 6 rings (SSSR count). The molecule has 2 atom stereocenters. The van der Waals surface area contributed by atoms with Gasteiger partial charge in [0.25, 0.3) is 5.91 Å². The number of benzene rings is 3. The van der Waals surface area contributed by atoms with Crippen molar-refractivity contribution in [2.45, 2.75) is 30.3 Å². The summed E-state index contributed by atoms with van der Waals surface area (Å²) in [7, 11) is 0. The smallest absolute Gasteiger partial charge is 0.416 e. The number of thioether (sulfide) groups is 1. The van der Waals surface area contributed by atoms with Crippen LogP contribution in [0.4, 0.5) is 17.6 Å². The molecule has 8 nitrogen and oxygen atoms in total. The Labute approximate surface area is 248 Å². The Morgan fingerprint density at radius 2 is 1.77 bits per heavy atom. The second-order valence-electron chi connectivity index (χ2n) is 9.56. The summed E-state index contributed by atoms with van der Waals surface area (Å²) in [5.41, 5.74) is 0.433. The lowest BCUT2D eigenvalue weighted by atomic mass is 10.1. The van der Waals surface area contributed by atoms with E-state index in [-0.39, 0.29) is 51.6 Å². The fourth-order valence-electron chi connectivity index (χ4n) is 4.48. The van der Waals surface area contributed by atoms with Gasteiger partial charge in [-0.05, 0) is 47.5 Å². The topological polar surface area (TPSA) is 115 Å². The van der Waals surface area contributed by atoms with Crippen LogP contribution in [0.3, 0.4) is 0 Å². The molecular weight excluding hydrogens is 608 g/mol. The van der Waals surface area contributed by atoms with Crippen molar-refractivity contribution in [3.8, 4) is 11.1 Å². The van der Waals surface area contributed by atoms with Crippen LogP contribution in [0.2, 0.25) is 0 Å². The molecule has 218 valence electrons. The van der Waals surface area contributed by atoms with Crippen molar-refractivity contribution in [1.29, 1.82) is 0 Å². The number of alkyl halides is 3. The molecule has 0 bridgehead atoms. The van der Waals surface area contributed by atoms with Crippen molar-refractivity contribution < 1.29 is 36.4 Å². The summed E-state index contributed by atoms with van der Waals surface area (Å²) >= 11 is 1.94. The lowest BCUT2D eigenvalue weighted by Gasteiger charge is -2.13.